The molecule has 3 aromatic rings. The van der Waals surface area contributed by atoms with Crippen LogP contribution in [0.2, 0.25) is 5.02 Å². The van der Waals surface area contributed by atoms with Crippen LogP contribution in [0.5, 0.6) is 0 Å². The summed E-state index contributed by atoms with van der Waals surface area (Å²) in [6.07, 6.45) is 8.21. The fourth-order valence-electron chi connectivity index (χ4n) is 4.18. The third kappa shape index (κ3) is 3.32. The van der Waals surface area contributed by atoms with Crippen molar-refractivity contribution in [3.05, 3.63) is 88.7 Å². The highest BCUT2D eigenvalue weighted by molar-refractivity contribution is 6.30. The van der Waals surface area contributed by atoms with Crippen LogP contribution in [0.1, 0.15) is 47.2 Å². The molecule has 2 aliphatic rings. The van der Waals surface area contributed by atoms with Crippen molar-refractivity contribution in [1.29, 1.82) is 0 Å². The Bertz CT molecular complexity index is 1070. The van der Waals surface area contributed by atoms with Gasteiger partial charge < -0.3 is 8.83 Å². The average molecular weight is 407 g/mol. The number of carbonyl (C=O) groups excluding carboxylic acids is 1. The van der Waals surface area contributed by atoms with Crippen molar-refractivity contribution in [2.24, 2.45) is 11.0 Å². The van der Waals surface area contributed by atoms with E-state index in [4.69, 9.17) is 25.5 Å². The molecule has 3 heterocycles. The summed E-state index contributed by atoms with van der Waals surface area (Å²) in [5.41, 5.74) is 2.60. The maximum atomic E-state index is 13.3. The summed E-state index contributed by atoms with van der Waals surface area (Å²) in [6, 6.07) is 14.2. The van der Waals surface area contributed by atoms with Gasteiger partial charge in [-0.3, -0.25) is 4.79 Å². The molecular formula is C23H19ClN2O3. The molecule has 0 bridgehead atoms. The quantitative estimate of drug-likeness (QED) is 0.539. The number of rotatable bonds is 3. The smallest absolute Gasteiger partial charge is 0.274 e. The molecule has 0 spiro atoms. The number of furan rings is 2. The standard InChI is InChI=1S/C23H19ClN2O3/c24-17-10-8-15(9-11-17)23(27)26-22(20-7-3-13-29-20)19-6-1-4-16(21(19)25-26)14-18-5-2-12-28-18/h2-3,5,7-14,19,22H,1,4,6H2. The zero-order valence-corrected chi connectivity index (χ0v) is 16.4. The lowest BCUT2D eigenvalue weighted by molar-refractivity contribution is 0.0656. The number of halogens is 1. The number of allylic oxidation sites excluding steroid dienone is 1. The van der Waals surface area contributed by atoms with E-state index < -0.39 is 0 Å². The van der Waals surface area contributed by atoms with Crippen LogP contribution < -0.4 is 0 Å². The van der Waals surface area contributed by atoms with Gasteiger partial charge in [-0.2, -0.15) is 5.10 Å². The van der Waals surface area contributed by atoms with Gasteiger partial charge in [0.05, 0.1) is 18.2 Å². The third-order valence-corrected chi connectivity index (χ3v) is 5.75. The summed E-state index contributed by atoms with van der Waals surface area (Å²) < 4.78 is 11.2. The lowest BCUT2D eigenvalue weighted by Gasteiger charge is -2.27. The molecule has 29 heavy (non-hydrogen) atoms. The van der Waals surface area contributed by atoms with Gasteiger partial charge in [-0.05, 0) is 79.4 Å². The van der Waals surface area contributed by atoms with Crippen LogP contribution in [-0.4, -0.2) is 16.6 Å². The van der Waals surface area contributed by atoms with Gasteiger partial charge >= 0.3 is 0 Å². The minimum atomic E-state index is -0.261. The van der Waals surface area contributed by atoms with Gasteiger partial charge in [0, 0.05) is 16.5 Å². The Morgan fingerprint density at radius 2 is 1.90 bits per heavy atom. The normalized spacial score (nSPS) is 22.6. The SMILES string of the molecule is O=C(c1ccc(Cl)cc1)N1N=C2C(=Cc3ccco3)CCCC2C1c1ccco1. The molecule has 146 valence electrons. The molecule has 5 rings (SSSR count). The number of carbonyl (C=O) groups is 1. The molecule has 1 saturated carbocycles. The summed E-state index contributed by atoms with van der Waals surface area (Å²) in [7, 11) is 0. The molecular weight excluding hydrogens is 388 g/mol. The molecule has 0 saturated heterocycles. The van der Waals surface area contributed by atoms with Gasteiger partial charge in [-0.1, -0.05) is 11.6 Å². The minimum absolute atomic E-state index is 0.0902. The Hall–Kier alpha value is -3.05. The van der Waals surface area contributed by atoms with Crippen molar-refractivity contribution in [2.45, 2.75) is 25.3 Å². The van der Waals surface area contributed by atoms with Gasteiger partial charge in [-0.25, -0.2) is 5.01 Å². The first-order chi connectivity index (χ1) is 14.2. The maximum absolute atomic E-state index is 13.3. The second-order valence-electron chi connectivity index (χ2n) is 7.29. The number of nitrogens with zero attached hydrogens (tertiary/aromatic N) is 2. The molecule has 1 fully saturated rings. The second-order valence-corrected chi connectivity index (χ2v) is 7.72. The Morgan fingerprint density at radius 3 is 2.62 bits per heavy atom. The molecule has 1 aliphatic heterocycles. The van der Waals surface area contributed by atoms with Gasteiger partial charge in [0.1, 0.15) is 17.6 Å². The molecule has 1 aliphatic carbocycles. The van der Waals surface area contributed by atoms with Gasteiger partial charge in [-0.15, -0.1) is 0 Å². The fraction of sp³-hybridized carbons (Fsp3) is 0.217. The van der Waals surface area contributed by atoms with E-state index in [-0.39, 0.29) is 17.9 Å². The first-order valence-corrected chi connectivity index (χ1v) is 10.0. The Morgan fingerprint density at radius 1 is 1.10 bits per heavy atom. The van der Waals surface area contributed by atoms with Crippen LogP contribution in [0.15, 0.2) is 80.6 Å². The number of fused-ring (bicyclic) bond motifs is 1. The molecule has 0 radical (unpaired) electrons. The highest BCUT2D eigenvalue weighted by Crippen LogP contribution is 2.45. The monoisotopic (exact) mass is 406 g/mol. The van der Waals surface area contributed by atoms with Crippen LogP contribution in [0.4, 0.5) is 0 Å². The third-order valence-electron chi connectivity index (χ3n) is 5.50. The molecule has 2 unspecified atom stereocenters. The predicted octanol–water partition coefficient (Wildman–Crippen LogP) is 5.96. The molecule has 1 aromatic carbocycles. The first-order valence-electron chi connectivity index (χ1n) is 9.66. The number of hydrogen-bond acceptors (Lipinski definition) is 4. The molecule has 5 nitrogen and oxygen atoms in total. The summed E-state index contributed by atoms with van der Waals surface area (Å²) in [5.74, 6) is 1.46. The first kappa shape index (κ1) is 18.0. The van der Waals surface area contributed by atoms with Crippen molar-refractivity contribution >= 4 is 29.3 Å². The minimum Gasteiger partial charge on any atom is -0.467 e. The van der Waals surface area contributed by atoms with Crippen LogP contribution in [0, 0.1) is 5.92 Å². The highest BCUT2D eigenvalue weighted by Gasteiger charge is 2.45. The molecule has 2 atom stereocenters. The van der Waals surface area contributed by atoms with Crippen molar-refractivity contribution in [1.82, 2.24) is 5.01 Å². The van der Waals surface area contributed by atoms with Crippen LogP contribution in [0.25, 0.3) is 6.08 Å². The number of amides is 1. The molecule has 6 heteroatoms. The van der Waals surface area contributed by atoms with Crippen molar-refractivity contribution in [2.75, 3.05) is 0 Å². The average Bonchev–Trinajstić information content (AvgIpc) is 3.48. The van der Waals surface area contributed by atoms with Crippen molar-refractivity contribution < 1.29 is 13.6 Å². The summed E-state index contributed by atoms with van der Waals surface area (Å²) in [4.78, 5) is 13.3. The zero-order valence-electron chi connectivity index (χ0n) is 15.6. The van der Waals surface area contributed by atoms with E-state index in [0.29, 0.717) is 10.6 Å². The number of hydrazone groups is 1. The highest BCUT2D eigenvalue weighted by atomic mass is 35.5. The molecule has 1 amide bonds. The van der Waals surface area contributed by atoms with E-state index in [9.17, 15) is 4.79 Å². The largest absolute Gasteiger partial charge is 0.467 e. The lowest BCUT2D eigenvalue weighted by atomic mass is 9.79. The van der Waals surface area contributed by atoms with E-state index in [1.807, 2.05) is 30.3 Å². The van der Waals surface area contributed by atoms with Crippen molar-refractivity contribution in [3.8, 4) is 0 Å². The van der Waals surface area contributed by atoms with E-state index in [0.717, 1.165) is 42.1 Å². The van der Waals surface area contributed by atoms with Gasteiger partial charge in [0.15, 0.2) is 0 Å². The second kappa shape index (κ2) is 7.41. The van der Waals surface area contributed by atoms with E-state index in [1.165, 1.54) is 0 Å². The summed E-state index contributed by atoms with van der Waals surface area (Å²) in [6.45, 7) is 0. The van der Waals surface area contributed by atoms with E-state index in [2.05, 4.69) is 0 Å². The summed E-state index contributed by atoms with van der Waals surface area (Å²) >= 11 is 5.99. The topological polar surface area (TPSA) is 59.0 Å². The number of hydrogen-bond donors (Lipinski definition) is 0. The number of benzene rings is 1. The molecule has 2 aromatic heterocycles. The Labute approximate surface area is 173 Å². The fourth-order valence-corrected chi connectivity index (χ4v) is 4.30. The Balaban J connectivity index is 1.56. The molecule has 0 N–H and O–H groups in total. The zero-order chi connectivity index (χ0) is 19.8. The van der Waals surface area contributed by atoms with Gasteiger partial charge in [0.25, 0.3) is 5.91 Å². The van der Waals surface area contributed by atoms with Crippen LogP contribution in [-0.2, 0) is 0 Å². The van der Waals surface area contributed by atoms with E-state index >= 15 is 0 Å². The summed E-state index contributed by atoms with van der Waals surface area (Å²) in [5, 5.41) is 6.97. The maximum Gasteiger partial charge on any atom is 0.274 e. The van der Waals surface area contributed by atoms with Gasteiger partial charge in [0.2, 0.25) is 0 Å². The van der Waals surface area contributed by atoms with Crippen molar-refractivity contribution in [3.63, 3.8) is 0 Å². The Kier molecular flexibility index (Phi) is 4.60. The van der Waals surface area contributed by atoms with Crippen LogP contribution >= 0.6 is 11.6 Å². The van der Waals surface area contributed by atoms with Crippen LogP contribution in [0.3, 0.4) is 0 Å². The lowest BCUT2D eigenvalue weighted by Crippen LogP contribution is -2.31. The predicted molar refractivity (Wildman–Crippen MR) is 111 cm³/mol. The van der Waals surface area contributed by atoms with E-state index in [1.54, 1.807) is 41.8 Å².